The van der Waals surface area contributed by atoms with Gasteiger partial charge in [0.1, 0.15) is 0 Å². The van der Waals surface area contributed by atoms with Gasteiger partial charge in [0.15, 0.2) is 14.9 Å². The molecule has 21 heavy (non-hydrogen) atoms. The molecule has 0 aliphatic carbocycles. The van der Waals surface area contributed by atoms with Crippen molar-refractivity contribution in [2.45, 2.75) is 30.5 Å². The Morgan fingerprint density at radius 1 is 1.38 bits per heavy atom. The highest BCUT2D eigenvalue weighted by Crippen LogP contribution is 2.28. The highest BCUT2D eigenvalue weighted by atomic mass is 32.2. The summed E-state index contributed by atoms with van der Waals surface area (Å²) in [6, 6.07) is 3.20. The summed E-state index contributed by atoms with van der Waals surface area (Å²) in [7, 11) is -3.43. The normalized spacial score (nSPS) is 18.1. The third-order valence-electron chi connectivity index (χ3n) is 3.64. The minimum Gasteiger partial charge on any atom is -0.396 e. The van der Waals surface area contributed by atoms with Crippen molar-refractivity contribution < 1.29 is 18.3 Å². The van der Waals surface area contributed by atoms with Crippen LogP contribution in [0.1, 0.15) is 20.8 Å². The lowest BCUT2D eigenvalue weighted by molar-refractivity contribution is -0.128. The van der Waals surface area contributed by atoms with E-state index in [9.17, 15) is 13.5 Å². The molecule has 0 bridgehead atoms. The summed E-state index contributed by atoms with van der Waals surface area (Å²) in [6.07, 6.45) is 1.50. The minimum atomic E-state index is -3.43. The van der Waals surface area contributed by atoms with E-state index in [2.05, 4.69) is 10.3 Å². The maximum absolute atomic E-state index is 12.3. The van der Waals surface area contributed by atoms with Gasteiger partial charge < -0.3 is 15.2 Å². The Kier molecular flexibility index (Phi) is 4.28. The van der Waals surface area contributed by atoms with Crippen LogP contribution in [0.4, 0.5) is 5.69 Å². The maximum Gasteiger partial charge on any atom is 0.200 e. The van der Waals surface area contributed by atoms with Crippen molar-refractivity contribution in [2.75, 3.05) is 31.7 Å². The van der Waals surface area contributed by atoms with E-state index in [1.807, 2.05) is 0 Å². The number of aromatic nitrogens is 1. The van der Waals surface area contributed by atoms with Crippen molar-refractivity contribution >= 4 is 15.5 Å². The molecule has 2 N–H and O–H groups in total. The molecule has 0 saturated carbocycles. The van der Waals surface area contributed by atoms with Crippen molar-refractivity contribution in [2.24, 2.45) is 5.41 Å². The standard InChI is InChI=1S/C14H22N2O4S/c1-13(2,3)21(18,19)12-5-4-11(6-15-12)16-7-14(8-17)9-20-10-14/h4-6,16-17H,7-10H2,1-3H3. The number of rotatable bonds is 5. The first kappa shape index (κ1) is 16.2. The molecule has 2 heterocycles. The molecule has 1 aromatic heterocycles. The molecule has 118 valence electrons. The van der Waals surface area contributed by atoms with Crippen molar-refractivity contribution in [1.29, 1.82) is 0 Å². The summed E-state index contributed by atoms with van der Waals surface area (Å²) >= 11 is 0. The third kappa shape index (κ3) is 3.20. The highest BCUT2D eigenvalue weighted by molar-refractivity contribution is 7.92. The summed E-state index contributed by atoms with van der Waals surface area (Å²) < 4.78 is 28.8. The number of anilines is 1. The molecule has 7 heteroatoms. The van der Waals surface area contributed by atoms with E-state index in [4.69, 9.17) is 4.74 Å². The molecule has 0 unspecified atom stereocenters. The summed E-state index contributed by atoms with van der Waals surface area (Å²) in [5.41, 5.74) is 0.485. The van der Waals surface area contributed by atoms with E-state index < -0.39 is 14.6 Å². The molecule has 6 nitrogen and oxygen atoms in total. The van der Waals surface area contributed by atoms with E-state index in [0.717, 1.165) is 5.69 Å². The molecule has 1 saturated heterocycles. The van der Waals surface area contributed by atoms with Crippen LogP contribution in [-0.4, -0.2) is 49.6 Å². The number of aliphatic hydroxyl groups excluding tert-OH is 1. The van der Waals surface area contributed by atoms with Crippen LogP contribution in [0.15, 0.2) is 23.4 Å². The largest absolute Gasteiger partial charge is 0.396 e. The molecule has 0 radical (unpaired) electrons. The summed E-state index contributed by atoms with van der Waals surface area (Å²) in [6.45, 7) is 6.63. The number of sulfone groups is 1. The predicted molar refractivity (Wildman–Crippen MR) is 80.0 cm³/mol. The molecular weight excluding hydrogens is 292 g/mol. The zero-order valence-corrected chi connectivity index (χ0v) is 13.4. The van der Waals surface area contributed by atoms with Gasteiger partial charge >= 0.3 is 0 Å². The zero-order valence-electron chi connectivity index (χ0n) is 12.6. The van der Waals surface area contributed by atoms with Gasteiger partial charge in [0.25, 0.3) is 0 Å². The molecule has 0 atom stereocenters. The molecule has 1 aliphatic heterocycles. The van der Waals surface area contributed by atoms with Crippen molar-refractivity contribution in [3.8, 4) is 0 Å². The summed E-state index contributed by atoms with van der Waals surface area (Å²) in [4.78, 5) is 4.04. The SMILES string of the molecule is CC(C)(C)S(=O)(=O)c1ccc(NCC2(CO)COC2)cn1. The number of pyridine rings is 1. The predicted octanol–water partition coefficient (Wildman–Crippen LogP) is 1.07. The van der Waals surface area contributed by atoms with Crippen LogP contribution in [0.5, 0.6) is 0 Å². The Hall–Kier alpha value is -1.18. The van der Waals surface area contributed by atoms with Crippen LogP contribution < -0.4 is 5.32 Å². The average molecular weight is 314 g/mol. The van der Waals surface area contributed by atoms with Gasteiger partial charge in [-0.05, 0) is 32.9 Å². The maximum atomic E-state index is 12.3. The molecule has 2 rings (SSSR count). The smallest absolute Gasteiger partial charge is 0.200 e. The van der Waals surface area contributed by atoms with Crippen LogP contribution in [0.25, 0.3) is 0 Å². The monoisotopic (exact) mass is 314 g/mol. The van der Waals surface area contributed by atoms with Gasteiger partial charge in [-0.2, -0.15) is 0 Å². The number of hydrogen-bond donors (Lipinski definition) is 2. The molecule has 0 amide bonds. The second-order valence-corrected chi connectivity index (χ2v) is 9.16. The van der Waals surface area contributed by atoms with Gasteiger partial charge in [-0.1, -0.05) is 0 Å². The second kappa shape index (κ2) is 5.55. The number of nitrogens with one attached hydrogen (secondary N) is 1. The second-order valence-electron chi connectivity index (χ2n) is 6.51. The summed E-state index contributed by atoms with van der Waals surface area (Å²) in [5, 5.41) is 12.6. The number of nitrogens with zero attached hydrogens (tertiary/aromatic N) is 1. The van der Waals surface area contributed by atoms with Gasteiger partial charge in [0, 0.05) is 6.54 Å². The van der Waals surface area contributed by atoms with Gasteiger partial charge in [-0.3, -0.25) is 0 Å². The van der Waals surface area contributed by atoms with Crippen LogP contribution in [0.3, 0.4) is 0 Å². The Balaban J connectivity index is 2.06. The van der Waals surface area contributed by atoms with E-state index in [1.54, 1.807) is 26.8 Å². The number of hydrogen-bond acceptors (Lipinski definition) is 6. The molecule has 1 aliphatic rings. The van der Waals surface area contributed by atoms with Gasteiger partial charge in [0.2, 0.25) is 0 Å². The molecule has 0 aromatic carbocycles. The van der Waals surface area contributed by atoms with Gasteiger partial charge in [-0.25, -0.2) is 13.4 Å². The van der Waals surface area contributed by atoms with Crippen LogP contribution >= 0.6 is 0 Å². The Morgan fingerprint density at radius 3 is 2.43 bits per heavy atom. The lowest BCUT2D eigenvalue weighted by Crippen LogP contribution is -2.50. The lowest BCUT2D eigenvalue weighted by Gasteiger charge is -2.40. The Morgan fingerprint density at radius 2 is 2.05 bits per heavy atom. The molecule has 1 aromatic rings. The van der Waals surface area contributed by atoms with Crippen molar-refractivity contribution in [1.82, 2.24) is 4.98 Å². The third-order valence-corrected chi connectivity index (χ3v) is 6.04. The number of ether oxygens (including phenoxy) is 1. The van der Waals surface area contributed by atoms with E-state index in [1.165, 1.54) is 12.3 Å². The molecule has 0 spiro atoms. The van der Waals surface area contributed by atoms with Crippen molar-refractivity contribution in [3.05, 3.63) is 18.3 Å². The van der Waals surface area contributed by atoms with E-state index in [-0.39, 0.29) is 17.0 Å². The number of aliphatic hydroxyl groups is 1. The quantitative estimate of drug-likeness (QED) is 0.845. The lowest BCUT2D eigenvalue weighted by atomic mass is 9.87. The zero-order chi connectivity index (χ0) is 15.7. The first-order chi connectivity index (χ1) is 9.70. The minimum absolute atomic E-state index is 0.0594. The van der Waals surface area contributed by atoms with Crippen LogP contribution in [0, 0.1) is 5.41 Å². The molecule has 1 fully saturated rings. The Bertz CT molecular complexity index is 581. The fourth-order valence-electron chi connectivity index (χ4n) is 1.89. The van der Waals surface area contributed by atoms with E-state index >= 15 is 0 Å². The average Bonchev–Trinajstić information content (AvgIpc) is 2.37. The van der Waals surface area contributed by atoms with Crippen LogP contribution in [-0.2, 0) is 14.6 Å². The Labute approximate surface area is 125 Å². The fraction of sp³-hybridized carbons (Fsp3) is 0.643. The fourth-order valence-corrected chi connectivity index (χ4v) is 2.95. The van der Waals surface area contributed by atoms with Crippen LogP contribution in [0.2, 0.25) is 0 Å². The highest BCUT2D eigenvalue weighted by Gasteiger charge is 2.38. The van der Waals surface area contributed by atoms with Gasteiger partial charge in [-0.15, -0.1) is 0 Å². The summed E-state index contributed by atoms with van der Waals surface area (Å²) in [5.74, 6) is 0. The first-order valence-electron chi connectivity index (χ1n) is 6.83. The van der Waals surface area contributed by atoms with E-state index in [0.29, 0.717) is 19.8 Å². The molecular formula is C14H22N2O4S. The topological polar surface area (TPSA) is 88.5 Å². The first-order valence-corrected chi connectivity index (χ1v) is 8.32. The van der Waals surface area contributed by atoms with Crippen molar-refractivity contribution in [3.63, 3.8) is 0 Å². The van der Waals surface area contributed by atoms with Gasteiger partial charge in [0.05, 0.1) is 41.9 Å².